The van der Waals surface area contributed by atoms with Gasteiger partial charge < -0.3 is 19.5 Å². The molecule has 2 aliphatic heterocycles. The third-order valence-electron chi connectivity index (χ3n) is 5.81. The van der Waals surface area contributed by atoms with Crippen LogP contribution < -0.4 is 5.32 Å². The highest BCUT2D eigenvalue weighted by Gasteiger charge is 2.42. The molecule has 2 aliphatic rings. The predicted molar refractivity (Wildman–Crippen MR) is 125 cm³/mol. The average molecular weight is 483 g/mol. The van der Waals surface area contributed by atoms with E-state index in [0.717, 1.165) is 47.0 Å². The van der Waals surface area contributed by atoms with E-state index in [1.54, 1.807) is 0 Å². The van der Waals surface area contributed by atoms with Crippen LogP contribution in [0.3, 0.4) is 0 Å². The second-order valence-electron chi connectivity index (χ2n) is 7.69. The molecule has 1 aromatic carbocycles. The zero-order valence-corrected chi connectivity index (χ0v) is 18.8. The fourth-order valence-electron chi connectivity index (χ4n) is 4.40. The highest BCUT2D eigenvalue weighted by Crippen LogP contribution is 2.40. The monoisotopic (exact) mass is 482 g/mol. The minimum atomic E-state index is -0.0239. The number of hydrogen-bond donors (Lipinski definition) is 1. The van der Waals surface area contributed by atoms with Crippen LogP contribution in [0.1, 0.15) is 36.3 Å². The van der Waals surface area contributed by atoms with Gasteiger partial charge in [-0.25, -0.2) is 0 Å². The van der Waals surface area contributed by atoms with Crippen LogP contribution in [0.5, 0.6) is 0 Å². The van der Waals surface area contributed by atoms with Crippen molar-refractivity contribution in [2.24, 2.45) is 0 Å². The number of benzene rings is 1. The smallest absolute Gasteiger partial charge is 0.170 e. The Morgan fingerprint density at radius 3 is 2.73 bits per heavy atom. The van der Waals surface area contributed by atoms with Crippen molar-refractivity contribution >= 4 is 33.3 Å². The van der Waals surface area contributed by atoms with Crippen LogP contribution in [0, 0.1) is 0 Å². The molecule has 0 bridgehead atoms. The van der Waals surface area contributed by atoms with E-state index in [1.165, 1.54) is 5.69 Å². The molecular formula is C23H23BrN4OS. The molecule has 5 nitrogen and oxygen atoms in total. The zero-order valence-electron chi connectivity index (χ0n) is 16.4. The maximum absolute atomic E-state index is 5.94. The Balaban J connectivity index is 1.56. The van der Waals surface area contributed by atoms with Crippen molar-refractivity contribution in [2.45, 2.75) is 31.0 Å². The Hall–Kier alpha value is -2.22. The molecular weight excluding hydrogens is 460 g/mol. The summed E-state index contributed by atoms with van der Waals surface area (Å²) in [4.78, 5) is 6.93. The number of nitrogens with one attached hydrogen (secondary N) is 1. The Kier molecular flexibility index (Phi) is 5.58. The summed E-state index contributed by atoms with van der Waals surface area (Å²) in [6.45, 7) is 1.62. The molecule has 3 aromatic rings. The van der Waals surface area contributed by atoms with Crippen LogP contribution >= 0.6 is 28.1 Å². The van der Waals surface area contributed by atoms with Gasteiger partial charge in [0.2, 0.25) is 0 Å². The first-order chi connectivity index (χ1) is 14.7. The fraction of sp³-hybridized carbons (Fsp3) is 0.304. The van der Waals surface area contributed by atoms with Crippen LogP contribution in [0.2, 0.25) is 0 Å². The van der Waals surface area contributed by atoms with Crippen molar-refractivity contribution in [1.29, 1.82) is 0 Å². The van der Waals surface area contributed by atoms with E-state index < -0.39 is 0 Å². The Bertz CT molecular complexity index is 1020. The molecule has 0 radical (unpaired) electrons. The molecule has 4 heterocycles. The van der Waals surface area contributed by atoms with Gasteiger partial charge in [-0.1, -0.05) is 22.0 Å². The van der Waals surface area contributed by atoms with E-state index >= 15 is 0 Å². The third-order valence-corrected chi connectivity index (χ3v) is 6.69. The van der Waals surface area contributed by atoms with Gasteiger partial charge in [-0.15, -0.1) is 0 Å². The number of hydrogen-bond acceptors (Lipinski definition) is 3. The van der Waals surface area contributed by atoms with Crippen LogP contribution in [0.4, 0.5) is 0 Å². The first-order valence-corrected chi connectivity index (χ1v) is 11.4. The van der Waals surface area contributed by atoms with Gasteiger partial charge in [0.25, 0.3) is 0 Å². The molecule has 0 aliphatic carbocycles. The standard InChI is InChI=1S/C23H23BrN4OS/c24-16-8-10-17(11-9-16)27-13-3-7-20(27)22-21(19-6-1-2-12-25-19)26-23(30)28(22)15-18-5-4-14-29-18/h1-3,6-13,18,21-22H,4-5,14-15H2,(H,26,30)/t18-,21+,22+/m0/s1. The van der Waals surface area contributed by atoms with E-state index in [2.05, 4.69) is 84.4 Å². The van der Waals surface area contributed by atoms with E-state index in [-0.39, 0.29) is 18.2 Å². The van der Waals surface area contributed by atoms with Gasteiger partial charge in [0.05, 0.1) is 23.9 Å². The molecule has 0 saturated carbocycles. The maximum Gasteiger partial charge on any atom is 0.170 e. The molecule has 2 aromatic heterocycles. The van der Waals surface area contributed by atoms with Gasteiger partial charge in [-0.2, -0.15) is 0 Å². The van der Waals surface area contributed by atoms with Gasteiger partial charge >= 0.3 is 0 Å². The molecule has 0 unspecified atom stereocenters. The lowest BCUT2D eigenvalue weighted by Crippen LogP contribution is -2.36. The first-order valence-electron chi connectivity index (χ1n) is 10.2. The van der Waals surface area contributed by atoms with Gasteiger partial charge in [-0.05, 0) is 73.6 Å². The van der Waals surface area contributed by atoms with Gasteiger partial charge in [0, 0.05) is 41.4 Å². The molecule has 7 heteroatoms. The number of nitrogens with zero attached hydrogens (tertiary/aromatic N) is 3. The lowest BCUT2D eigenvalue weighted by molar-refractivity contribution is 0.0836. The predicted octanol–water partition coefficient (Wildman–Crippen LogP) is 4.79. The summed E-state index contributed by atoms with van der Waals surface area (Å²) in [5, 5.41) is 4.30. The van der Waals surface area contributed by atoms with E-state index in [4.69, 9.17) is 17.0 Å². The molecule has 0 spiro atoms. The SMILES string of the molecule is S=C1N[C@H](c2ccccn2)[C@@H](c2cccn2-c2ccc(Br)cc2)N1C[C@@H]1CCCO1. The molecule has 3 atom stereocenters. The van der Waals surface area contributed by atoms with Crippen molar-refractivity contribution < 1.29 is 4.74 Å². The Morgan fingerprint density at radius 1 is 1.13 bits per heavy atom. The van der Waals surface area contributed by atoms with E-state index in [1.807, 2.05) is 18.3 Å². The minimum Gasteiger partial charge on any atom is -0.376 e. The molecule has 2 fully saturated rings. The number of thiocarbonyl (C=S) groups is 1. The second kappa shape index (κ2) is 8.49. The van der Waals surface area contributed by atoms with E-state index in [0.29, 0.717) is 0 Å². The molecule has 5 rings (SSSR count). The summed E-state index contributed by atoms with van der Waals surface area (Å²) in [6, 6.07) is 18.7. The van der Waals surface area contributed by atoms with E-state index in [9.17, 15) is 0 Å². The van der Waals surface area contributed by atoms with Gasteiger partial charge in [0.1, 0.15) is 0 Å². The van der Waals surface area contributed by atoms with Crippen molar-refractivity contribution in [1.82, 2.24) is 19.8 Å². The lowest BCUT2D eigenvalue weighted by Gasteiger charge is -2.30. The fourth-order valence-corrected chi connectivity index (χ4v) is 4.98. The van der Waals surface area contributed by atoms with Gasteiger partial charge in [-0.3, -0.25) is 4.98 Å². The highest BCUT2D eigenvalue weighted by atomic mass is 79.9. The molecule has 0 amide bonds. The lowest BCUT2D eigenvalue weighted by atomic mass is 10.0. The summed E-state index contributed by atoms with van der Waals surface area (Å²) >= 11 is 9.33. The third kappa shape index (κ3) is 3.77. The summed E-state index contributed by atoms with van der Waals surface area (Å²) in [5.74, 6) is 0. The topological polar surface area (TPSA) is 42.3 Å². The first kappa shape index (κ1) is 19.7. The van der Waals surface area contributed by atoms with Crippen LogP contribution in [-0.4, -0.2) is 38.8 Å². The average Bonchev–Trinajstić information content (AvgIpc) is 3.51. The van der Waals surface area contributed by atoms with Crippen LogP contribution in [0.25, 0.3) is 5.69 Å². The summed E-state index contributed by atoms with van der Waals surface area (Å²) in [6.07, 6.45) is 6.36. The number of halogens is 1. The Labute approximate surface area is 190 Å². The minimum absolute atomic E-state index is 0.0234. The quantitative estimate of drug-likeness (QED) is 0.529. The largest absolute Gasteiger partial charge is 0.376 e. The second-order valence-corrected chi connectivity index (χ2v) is 9.00. The summed E-state index contributed by atoms with van der Waals surface area (Å²) in [5.41, 5.74) is 3.29. The molecule has 154 valence electrons. The van der Waals surface area contributed by atoms with Gasteiger partial charge in [0.15, 0.2) is 5.11 Å². The van der Waals surface area contributed by atoms with Crippen LogP contribution in [0.15, 0.2) is 71.5 Å². The highest BCUT2D eigenvalue weighted by molar-refractivity contribution is 9.10. The van der Waals surface area contributed by atoms with Crippen molar-refractivity contribution in [3.8, 4) is 5.69 Å². The van der Waals surface area contributed by atoms with Crippen molar-refractivity contribution in [3.63, 3.8) is 0 Å². The number of aromatic nitrogens is 2. The van der Waals surface area contributed by atoms with Crippen LogP contribution in [-0.2, 0) is 4.74 Å². The molecule has 30 heavy (non-hydrogen) atoms. The Morgan fingerprint density at radius 2 is 2.00 bits per heavy atom. The molecule has 1 N–H and O–H groups in total. The maximum atomic E-state index is 5.94. The van der Waals surface area contributed by atoms with Crippen molar-refractivity contribution in [2.75, 3.05) is 13.2 Å². The number of pyridine rings is 1. The molecule has 2 saturated heterocycles. The zero-order chi connectivity index (χ0) is 20.5. The number of ether oxygens (including phenoxy) is 1. The summed E-state index contributed by atoms with van der Waals surface area (Å²) < 4.78 is 9.25. The number of rotatable bonds is 5. The normalized spacial score (nSPS) is 23.7. The van der Waals surface area contributed by atoms with Crippen molar-refractivity contribution in [3.05, 3.63) is 82.9 Å². The summed E-state index contributed by atoms with van der Waals surface area (Å²) in [7, 11) is 0.